The number of benzene rings is 2. The number of rotatable bonds is 6. The van der Waals surface area contributed by atoms with Crippen LogP contribution >= 0.6 is 23.2 Å². The summed E-state index contributed by atoms with van der Waals surface area (Å²) in [5.74, 6) is 1.18. The number of amides is 1. The number of halogens is 2. The van der Waals surface area contributed by atoms with Crippen molar-refractivity contribution < 1.29 is 14.3 Å². The molecule has 0 unspecified atom stereocenters. The third-order valence-electron chi connectivity index (χ3n) is 5.31. The molecule has 0 fully saturated rings. The molecule has 1 N–H and O–H groups in total. The molecule has 0 aliphatic carbocycles. The molecule has 0 spiro atoms. The maximum absolute atomic E-state index is 13.3. The first-order chi connectivity index (χ1) is 15.3. The fourth-order valence-corrected chi connectivity index (χ4v) is 4.09. The van der Waals surface area contributed by atoms with Crippen molar-refractivity contribution in [1.82, 2.24) is 10.3 Å². The molecule has 3 aromatic rings. The van der Waals surface area contributed by atoms with Gasteiger partial charge in [0.1, 0.15) is 16.9 Å². The van der Waals surface area contributed by atoms with E-state index in [1.54, 1.807) is 18.3 Å². The highest BCUT2D eigenvalue weighted by atomic mass is 35.5. The highest BCUT2D eigenvalue weighted by Crippen LogP contribution is 2.40. The number of aromatic nitrogens is 1. The molecule has 166 valence electrons. The van der Waals surface area contributed by atoms with Gasteiger partial charge in [0.15, 0.2) is 11.5 Å². The first-order valence-electron chi connectivity index (χ1n) is 10.5. The minimum absolute atomic E-state index is 0.280. The van der Waals surface area contributed by atoms with Crippen LogP contribution in [0, 0.1) is 0 Å². The maximum atomic E-state index is 13.3. The molecule has 0 saturated heterocycles. The average molecular weight is 471 g/mol. The summed E-state index contributed by atoms with van der Waals surface area (Å²) in [4.78, 5) is 17.8. The monoisotopic (exact) mass is 470 g/mol. The zero-order chi connectivity index (χ0) is 22.7. The first kappa shape index (κ1) is 22.4. The number of aryl methyl sites for hydroxylation is 1. The minimum Gasteiger partial charge on any atom is -0.485 e. The number of ether oxygens (including phenoxy) is 2. The van der Waals surface area contributed by atoms with Crippen LogP contribution in [0.2, 0.25) is 10.0 Å². The summed E-state index contributed by atoms with van der Waals surface area (Å²) in [6.07, 6.45) is 3.71. The molecule has 4 rings (SSSR count). The summed E-state index contributed by atoms with van der Waals surface area (Å²) >= 11 is 12.2. The van der Waals surface area contributed by atoms with Crippen molar-refractivity contribution in [3.63, 3.8) is 0 Å². The molecule has 1 aliphatic rings. The van der Waals surface area contributed by atoms with Gasteiger partial charge in [0, 0.05) is 16.6 Å². The van der Waals surface area contributed by atoms with Gasteiger partial charge < -0.3 is 14.8 Å². The molecule has 0 radical (unpaired) electrons. The number of nitrogens with zero attached hydrogens (tertiary/aromatic N) is 1. The SMILES string of the molecule is CC1(C)CCc2ncc(Oc3ccccc3)c(C(=O)NCCc3ccc(Cl)cc3Cl)c2O1. The van der Waals surface area contributed by atoms with E-state index in [0.29, 0.717) is 45.8 Å². The summed E-state index contributed by atoms with van der Waals surface area (Å²) in [7, 11) is 0. The fourth-order valence-electron chi connectivity index (χ4n) is 3.58. The number of pyridine rings is 1. The van der Waals surface area contributed by atoms with Crippen LogP contribution in [0.15, 0.2) is 54.7 Å². The zero-order valence-electron chi connectivity index (χ0n) is 18.0. The number of fused-ring (bicyclic) bond motifs is 1. The number of hydrogen-bond acceptors (Lipinski definition) is 4. The van der Waals surface area contributed by atoms with Gasteiger partial charge in [0.25, 0.3) is 5.91 Å². The molecule has 2 heterocycles. The predicted octanol–water partition coefficient (Wildman–Crippen LogP) is 6.26. The van der Waals surface area contributed by atoms with Crippen molar-refractivity contribution in [2.75, 3.05) is 6.54 Å². The van der Waals surface area contributed by atoms with Crippen LogP contribution in [0.4, 0.5) is 0 Å². The van der Waals surface area contributed by atoms with Crippen LogP contribution in [0.5, 0.6) is 17.2 Å². The number of para-hydroxylation sites is 1. The minimum atomic E-state index is -0.397. The number of hydrogen-bond donors (Lipinski definition) is 1. The molecule has 32 heavy (non-hydrogen) atoms. The fraction of sp³-hybridized carbons (Fsp3) is 0.280. The van der Waals surface area contributed by atoms with Crippen LogP contribution in [-0.2, 0) is 12.8 Å². The van der Waals surface area contributed by atoms with Gasteiger partial charge >= 0.3 is 0 Å². The van der Waals surface area contributed by atoms with Crippen LogP contribution in [-0.4, -0.2) is 23.0 Å². The Hall–Kier alpha value is -2.76. The lowest BCUT2D eigenvalue weighted by atomic mass is 9.95. The number of carbonyl (C=O) groups excluding carboxylic acids is 1. The maximum Gasteiger partial charge on any atom is 0.259 e. The molecule has 0 saturated carbocycles. The molecule has 0 bridgehead atoms. The Labute approximate surface area is 197 Å². The lowest BCUT2D eigenvalue weighted by Crippen LogP contribution is -2.35. The molecular formula is C25H24Cl2N2O3. The van der Waals surface area contributed by atoms with Gasteiger partial charge in [-0.1, -0.05) is 47.5 Å². The van der Waals surface area contributed by atoms with Crippen molar-refractivity contribution >= 4 is 29.1 Å². The highest BCUT2D eigenvalue weighted by Gasteiger charge is 2.33. The number of nitrogens with one attached hydrogen (secondary N) is 1. The molecule has 5 nitrogen and oxygen atoms in total. The van der Waals surface area contributed by atoms with E-state index in [0.717, 1.165) is 24.1 Å². The second-order valence-electron chi connectivity index (χ2n) is 8.29. The molecule has 1 amide bonds. The smallest absolute Gasteiger partial charge is 0.259 e. The lowest BCUT2D eigenvalue weighted by molar-refractivity contribution is 0.0776. The second kappa shape index (κ2) is 9.39. The number of carbonyl (C=O) groups is 1. The zero-order valence-corrected chi connectivity index (χ0v) is 19.5. The van der Waals surface area contributed by atoms with Gasteiger partial charge in [-0.05, 0) is 62.9 Å². The summed E-state index contributed by atoms with van der Waals surface area (Å²) in [6.45, 7) is 4.40. The topological polar surface area (TPSA) is 60.5 Å². The average Bonchev–Trinajstić information content (AvgIpc) is 2.75. The molecular weight excluding hydrogens is 447 g/mol. The normalized spacial score (nSPS) is 14.2. The first-order valence-corrected chi connectivity index (χ1v) is 11.2. The molecule has 7 heteroatoms. The van der Waals surface area contributed by atoms with E-state index in [2.05, 4.69) is 10.3 Å². The Morgan fingerprint density at radius 2 is 1.97 bits per heavy atom. The summed E-state index contributed by atoms with van der Waals surface area (Å²) < 4.78 is 12.2. The van der Waals surface area contributed by atoms with E-state index < -0.39 is 5.60 Å². The van der Waals surface area contributed by atoms with E-state index in [1.807, 2.05) is 50.2 Å². The second-order valence-corrected chi connectivity index (χ2v) is 9.14. The van der Waals surface area contributed by atoms with Crippen LogP contribution in [0.3, 0.4) is 0 Å². The lowest BCUT2D eigenvalue weighted by Gasteiger charge is -2.33. The van der Waals surface area contributed by atoms with E-state index in [-0.39, 0.29) is 5.91 Å². The van der Waals surface area contributed by atoms with Gasteiger partial charge in [-0.2, -0.15) is 0 Å². The molecule has 1 aromatic heterocycles. The third kappa shape index (κ3) is 5.17. The van der Waals surface area contributed by atoms with Gasteiger partial charge in [0.2, 0.25) is 0 Å². The van der Waals surface area contributed by atoms with Crippen LogP contribution in [0.1, 0.15) is 41.9 Å². The summed E-state index contributed by atoms with van der Waals surface area (Å²) in [5, 5.41) is 4.13. The van der Waals surface area contributed by atoms with Gasteiger partial charge in [0.05, 0.1) is 11.9 Å². The standard InChI is InChI=1S/C25H24Cl2N2O3/c1-25(2)12-10-20-23(32-25)22(21(15-29-20)31-18-6-4-3-5-7-18)24(30)28-13-11-16-8-9-17(26)14-19(16)27/h3-9,14-15H,10-13H2,1-2H3,(H,28,30). The highest BCUT2D eigenvalue weighted by molar-refractivity contribution is 6.35. The molecule has 1 aliphatic heterocycles. The Kier molecular flexibility index (Phi) is 6.58. The molecule has 0 atom stereocenters. The van der Waals surface area contributed by atoms with Crippen molar-refractivity contribution in [3.05, 3.63) is 81.6 Å². The van der Waals surface area contributed by atoms with E-state index >= 15 is 0 Å². The van der Waals surface area contributed by atoms with E-state index in [1.165, 1.54) is 0 Å². The Morgan fingerprint density at radius 3 is 2.72 bits per heavy atom. The van der Waals surface area contributed by atoms with Crippen molar-refractivity contribution in [1.29, 1.82) is 0 Å². The van der Waals surface area contributed by atoms with Crippen molar-refractivity contribution in [3.8, 4) is 17.2 Å². The largest absolute Gasteiger partial charge is 0.485 e. The van der Waals surface area contributed by atoms with Crippen LogP contribution in [0.25, 0.3) is 0 Å². The Bertz CT molecular complexity index is 1130. The summed E-state index contributed by atoms with van der Waals surface area (Å²) in [6, 6.07) is 14.6. The van der Waals surface area contributed by atoms with Gasteiger partial charge in [-0.3, -0.25) is 9.78 Å². The van der Waals surface area contributed by atoms with E-state index in [4.69, 9.17) is 32.7 Å². The van der Waals surface area contributed by atoms with Crippen LogP contribution < -0.4 is 14.8 Å². The van der Waals surface area contributed by atoms with Crippen molar-refractivity contribution in [2.24, 2.45) is 0 Å². The Morgan fingerprint density at radius 1 is 1.19 bits per heavy atom. The summed E-state index contributed by atoms with van der Waals surface area (Å²) in [5.41, 5.74) is 1.63. The molecule has 2 aromatic carbocycles. The van der Waals surface area contributed by atoms with Crippen molar-refractivity contribution in [2.45, 2.75) is 38.7 Å². The Balaban J connectivity index is 1.60. The van der Waals surface area contributed by atoms with Gasteiger partial charge in [-0.15, -0.1) is 0 Å². The predicted molar refractivity (Wildman–Crippen MR) is 126 cm³/mol. The van der Waals surface area contributed by atoms with E-state index in [9.17, 15) is 4.79 Å². The van der Waals surface area contributed by atoms with Gasteiger partial charge in [-0.25, -0.2) is 0 Å². The third-order valence-corrected chi connectivity index (χ3v) is 5.90. The quantitative estimate of drug-likeness (QED) is 0.461.